The first-order valence-electron chi connectivity index (χ1n) is 6.37. The Kier molecular flexibility index (Phi) is 4.89. The van der Waals surface area contributed by atoms with Crippen molar-refractivity contribution in [3.05, 3.63) is 0 Å². The number of Topliss-reactive ketones (excluding diaryl/α,β-unsaturated/α-hetero) is 1. The Bertz CT molecular complexity index is 258. The molecule has 18 heavy (non-hydrogen) atoms. The van der Waals surface area contributed by atoms with Crippen molar-refractivity contribution in [2.24, 2.45) is 23.7 Å². The molecular formula is C13H20O5-4. The molecule has 0 heterocycles. The van der Waals surface area contributed by atoms with Gasteiger partial charge >= 0.3 is 0 Å². The Balaban J connectivity index is 0.000000184. The quantitative estimate of drug-likeness (QED) is 0.459. The zero-order valence-electron chi connectivity index (χ0n) is 11.2. The molecule has 0 amide bonds. The Morgan fingerprint density at radius 1 is 0.722 bits per heavy atom. The number of carbonyl (C=O) groups excluding carboxylic acids is 1. The number of carbonyl (C=O) groups is 1. The van der Waals surface area contributed by atoms with Gasteiger partial charge in [0.1, 0.15) is 5.78 Å². The smallest absolute Gasteiger partial charge is 0.121 e. The summed E-state index contributed by atoms with van der Waals surface area (Å²) in [6, 6.07) is 0. The van der Waals surface area contributed by atoms with Crippen LogP contribution in [0.2, 0.25) is 0 Å². The molecule has 0 spiro atoms. The summed E-state index contributed by atoms with van der Waals surface area (Å²) >= 11 is 0. The standard InChI is InChI=1S/C7H10O3.C6H10O2/c1-3-5(8)4(2)7(10)6(3)9;1-3-5(7)4(2)6(3)8/h3-6H,1-2H3;3-6H,1-2H3/q2*-2. The molecule has 2 aliphatic carbocycles. The lowest BCUT2D eigenvalue weighted by molar-refractivity contribution is -0.558. The fraction of sp³-hybridized carbons (Fsp3) is 0.923. The predicted octanol–water partition coefficient (Wildman–Crippen LogP) is -2.97. The summed E-state index contributed by atoms with van der Waals surface area (Å²) in [6.07, 6.45) is -3.41. The maximum Gasteiger partial charge on any atom is 0.121 e. The summed E-state index contributed by atoms with van der Waals surface area (Å²) in [7, 11) is 0. The number of ketones is 1. The van der Waals surface area contributed by atoms with E-state index in [4.69, 9.17) is 0 Å². The molecule has 0 aromatic heterocycles. The second-order valence-electron chi connectivity index (χ2n) is 5.58. The molecule has 0 aliphatic heterocycles. The molecule has 0 saturated heterocycles. The van der Waals surface area contributed by atoms with Crippen LogP contribution in [0.3, 0.4) is 0 Å². The molecule has 0 aromatic carbocycles. The van der Waals surface area contributed by atoms with Gasteiger partial charge in [-0.15, -0.1) is 18.3 Å². The van der Waals surface area contributed by atoms with Crippen LogP contribution in [0.1, 0.15) is 27.7 Å². The maximum absolute atomic E-state index is 11.0. The lowest BCUT2D eigenvalue weighted by Crippen LogP contribution is -2.64. The molecule has 0 aromatic rings. The van der Waals surface area contributed by atoms with Crippen LogP contribution in [-0.2, 0) is 4.79 Å². The van der Waals surface area contributed by atoms with E-state index >= 15 is 0 Å². The maximum atomic E-state index is 11.0. The van der Waals surface area contributed by atoms with Gasteiger partial charge in [0.15, 0.2) is 0 Å². The Hall–Kier alpha value is -0.490. The van der Waals surface area contributed by atoms with Crippen molar-refractivity contribution in [2.45, 2.75) is 52.1 Å². The highest BCUT2D eigenvalue weighted by Crippen LogP contribution is 2.29. The van der Waals surface area contributed by atoms with Crippen LogP contribution in [0, 0.1) is 23.7 Å². The molecule has 4 atom stereocenters. The monoisotopic (exact) mass is 256 g/mol. The molecule has 2 saturated carbocycles. The van der Waals surface area contributed by atoms with Crippen LogP contribution in [0.4, 0.5) is 0 Å². The minimum absolute atomic E-state index is 0.134. The van der Waals surface area contributed by atoms with Crippen LogP contribution >= 0.6 is 0 Å². The molecule has 2 fully saturated rings. The Morgan fingerprint density at radius 2 is 1.11 bits per heavy atom. The van der Waals surface area contributed by atoms with E-state index in [0.717, 1.165) is 0 Å². The van der Waals surface area contributed by atoms with Gasteiger partial charge in [-0.05, 0) is 0 Å². The van der Waals surface area contributed by atoms with Gasteiger partial charge in [-0.3, -0.25) is 0 Å². The average Bonchev–Trinajstić information content (AvgIpc) is 2.55. The second-order valence-corrected chi connectivity index (χ2v) is 5.58. The molecule has 2 aliphatic rings. The highest BCUT2D eigenvalue weighted by atomic mass is 16.3. The first kappa shape index (κ1) is 15.6. The highest BCUT2D eigenvalue weighted by molar-refractivity contribution is 5.87. The summed E-state index contributed by atoms with van der Waals surface area (Å²) in [5.74, 6) is -1.78. The van der Waals surface area contributed by atoms with Gasteiger partial charge in [-0.1, -0.05) is 51.6 Å². The van der Waals surface area contributed by atoms with Crippen molar-refractivity contribution in [3.8, 4) is 0 Å². The third kappa shape index (κ3) is 2.59. The predicted molar refractivity (Wildman–Crippen MR) is 56.8 cm³/mol. The van der Waals surface area contributed by atoms with Crippen LogP contribution in [0.15, 0.2) is 0 Å². The molecule has 4 unspecified atom stereocenters. The Labute approximate surface area is 107 Å². The summed E-state index contributed by atoms with van der Waals surface area (Å²) in [5, 5.41) is 43.2. The largest absolute Gasteiger partial charge is 0.852 e. The zero-order chi connectivity index (χ0) is 14.2. The van der Waals surface area contributed by atoms with Crippen LogP contribution in [0.25, 0.3) is 0 Å². The molecule has 106 valence electrons. The van der Waals surface area contributed by atoms with E-state index in [1.54, 1.807) is 20.8 Å². The van der Waals surface area contributed by atoms with Crippen molar-refractivity contribution in [3.63, 3.8) is 0 Å². The van der Waals surface area contributed by atoms with Gasteiger partial charge in [0.25, 0.3) is 0 Å². The molecule has 0 bridgehead atoms. The Morgan fingerprint density at radius 3 is 1.22 bits per heavy atom. The third-order valence-corrected chi connectivity index (χ3v) is 4.29. The van der Waals surface area contributed by atoms with Gasteiger partial charge in [0, 0.05) is 5.92 Å². The van der Waals surface area contributed by atoms with Gasteiger partial charge in [0.2, 0.25) is 0 Å². The molecule has 0 radical (unpaired) electrons. The van der Waals surface area contributed by atoms with E-state index in [0.29, 0.717) is 0 Å². The van der Waals surface area contributed by atoms with Crippen LogP contribution < -0.4 is 20.4 Å². The zero-order valence-corrected chi connectivity index (χ0v) is 11.2. The van der Waals surface area contributed by atoms with Crippen LogP contribution in [-0.4, -0.2) is 30.2 Å². The van der Waals surface area contributed by atoms with Crippen molar-refractivity contribution >= 4 is 5.78 Å². The molecule has 5 heteroatoms. The first-order valence-corrected chi connectivity index (χ1v) is 6.37. The minimum Gasteiger partial charge on any atom is -0.852 e. The van der Waals surface area contributed by atoms with Gasteiger partial charge in [-0.2, -0.15) is 0 Å². The van der Waals surface area contributed by atoms with Crippen molar-refractivity contribution in [2.75, 3.05) is 0 Å². The van der Waals surface area contributed by atoms with E-state index in [1.807, 2.05) is 0 Å². The number of hydrogen-bond donors (Lipinski definition) is 0. The molecule has 5 nitrogen and oxygen atoms in total. The van der Waals surface area contributed by atoms with Gasteiger partial charge in [-0.25, -0.2) is 0 Å². The van der Waals surface area contributed by atoms with E-state index in [2.05, 4.69) is 0 Å². The second kappa shape index (κ2) is 5.65. The summed E-state index contributed by atoms with van der Waals surface area (Å²) < 4.78 is 0. The summed E-state index contributed by atoms with van der Waals surface area (Å²) in [4.78, 5) is 10.8. The summed E-state index contributed by atoms with van der Waals surface area (Å²) in [6.45, 7) is 6.55. The fourth-order valence-corrected chi connectivity index (χ4v) is 2.49. The minimum atomic E-state index is -1.27. The van der Waals surface area contributed by atoms with E-state index < -0.39 is 42.0 Å². The first-order chi connectivity index (χ1) is 8.20. The van der Waals surface area contributed by atoms with Gasteiger partial charge < -0.3 is 25.2 Å². The highest BCUT2D eigenvalue weighted by Gasteiger charge is 2.32. The fourth-order valence-electron chi connectivity index (χ4n) is 2.49. The summed E-state index contributed by atoms with van der Waals surface area (Å²) in [5.41, 5.74) is 0. The lowest BCUT2D eigenvalue weighted by atomic mass is 9.71. The van der Waals surface area contributed by atoms with Crippen molar-refractivity contribution in [1.29, 1.82) is 0 Å². The SMILES string of the molecule is CC1C(=O)C([O-])C(C)C1[O-].CC1C([O-])C(C)C1[O-]. The number of hydrogen-bond acceptors (Lipinski definition) is 5. The van der Waals surface area contributed by atoms with E-state index in [9.17, 15) is 25.2 Å². The van der Waals surface area contributed by atoms with E-state index in [1.165, 1.54) is 6.92 Å². The van der Waals surface area contributed by atoms with Crippen molar-refractivity contribution < 1.29 is 25.2 Å². The number of rotatable bonds is 0. The van der Waals surface area contributed by atoms with Crippen LogP contribution in [0.5, 0.6) is 0 Å². The topological polar surface area (TPSA) is 109 Å². The molecule has 2 rings (SSSR count). The lowest BCUT2D eigenvalue weighted by Gasteiger charge is -2.58. The molecular weight excluding hydrogens is 236 g/mol. The third-order valence-electron chi connectivity index (χ3n) is 4.29. The normalized spacial score (nSPS) is 51.4. The average molecular weight is 256 g/mol. The van der Waals surface area contributed by atoms with E-state index in [-0.39, 0.29) is 11.8 Å². The molecule has 0 N–H and O–H groups in total. The van der Waals surface area contributed by atoms with Gasteiger partial charge in [0.05, 0.1) is 0 Å². The van der Waals surface area contributed by atoms with Crippen molar-refractivity contribution in [1.82, 2.24) is 0 Å².